The summed E-state index contributed by atoms with van der Waals surface area (Å²) in [5.41, 5.74) is 0. The van der Waals surface area contributed by atoms with Gasteiger partial charge in [-0.25, -0.2) is 9.78 Å². The quantitative estimate of drug-likeness (QED) is 0.314. The minimum absolute atomic E-state index is 0.104. The van der Waals surface area contributed by atoms with Gasteiger partial charge >= 0.3 is 0 Å². The van der Waals surface area contributed by atoms with Gasteiger partial charge in [0.15, 0.2) is 11.6 Å². The van der Waals surface area contributed by atoms with Gasteiger partial charge in [0.05, 0.1) is 0 Å². The van der Waals surface area contributed by atoms with Crippen molar-refractivity contribution in [2.75, 3.05) is 13.2 Å². The third kappa shape index (κ3) is 7.26. The molecule has 0 aromatic heterocycles. The SMILES string of the molecule is CC(=O)COOCC(C)=O. The van der Waals surface area contributed by atoms with Crippen LogP contribution in [0.15, 0.2) is 0 Å². The van der Waals surface area contributed by atoms with Gasteiger partial charge in [-0.3, -0.25) is 9.59 Å². The molecule has 0 saturated carbocycles. The molecule has 0 amide bonds. The summed E-state index contributed by atoms with van der Waals surface area (Å²) in [6, 6.07) is 0. The van der Waals surface area contributed by atoms with Gasteiger partial charge in [0.1, 0.15) is 13.2 Å². The second kappa shape index (κ2) is 5.08. The van der Waals surface area contributed by atoms with Crippen molar-refractivity contribution in [1.29, 1.82) is 0 Å². The van der Waals surface area contributed by atoms with E-state index < -0.39 is 0 Å². The van der Waals surface area contributed by atoms with Crippen LogP contribution in [0.2, 0.25) is 0 Å². The van der Waals surface area contributed by atoms with Crippen LogP contribution in [0.5, 0.6) is 0 Å². The van der Waals surface area contributed by atoms with E-state index in [0.717, 1.165) is 0 Å². The molecule has 0 aliphatic carbocycles. The third-order valence-corrected chi connectivity index (χ3v) is 0.608. The Morgan fingerprint density at radius 1 is 1.00 bits per heavy atom. The Morgan fingerprint density at radius 3 is 1.50 bits per heavy atom. The lowest BCUT2D eigenvalue weighted by Crippen LogP contribution is -2.09. The van der Waals surface area contributed by atoms with Crippen molar-refractivity contribution < 1.29 is 19.4 Å². The van der Waals surface area contributed by atoms with Gasteiger partial charge in [-0.05, 0) is 13.8 Å². The standard InChI is InChI=1S/C6H10O4/c1-5(7)3-9-10-4-6(2)8/h3-4H2,1-2H3. The number of ketones is 2. The summed E-state index contributed by atoms with van der Waals surface area (Å²) in [5.74, 6) is -0.271. The van der Waals surface area contributed by atoms with E-state index in [1.165, 1.54) is 13.8 Å². The Labute approximate surface area is 59.0 Å². The van der Waals surface area contributed by atoms with Crippen LogP contribution < -0.4 is 0 Å². The van der Waals surface area contributed by atoms with Crippen molar-refractivity contribution in [2.24, 2.45) is 0 Å². The van der Waals surface area contributed by atoms with Gasteiger partial charge in [0, 0.05) is 0 Å². The molecule has 0 N–H and O–H groups in total. The molecule has 0 spiro atoms. The summed E-state index contributed by atoms with van der Waals surface area (Å²) in [7, 11) is 0. The Kier molecular flexibility index (Phi) is 4.70. The van der Waals surface area contributed by atoms with Crippen LogP contribution in [0.4, 0.5) is 0 Å². The molecule has 4 heteroatoms. The Hall–Kier alpha value is -0.740. The van der Waals surface area contributed by atoms with Crippen molar-refractivity contribution in [2.45, 2.75) is 13.8 Å². The zero-order valence-electron chi connectivity index (χ0n) is 6.05. The smallest absolute Gasteiger partial charge is 0.158 e. The normalized spacial score (nSPS) is 9.40. The maximum atomic E-state index is 10.2. The third-order valence-electron chi connectivity index (χ3n) is 0.608. The van der Waals surface area contributed by atoms with E-state index in [0.29, 0.717) is 0 Å². The fraction of sp³-hybridized carbons (Fsp3) is 0.667. The van der Waals surface area contributed by atoms with Crippen LogP contribution in [0, 0.1) is 0 Å². The molecule has 4 nitrogen and oxygen atoms in total. The molecular formula is C6H10O4. The van der Waals surface area contributed by atoms with E-state index in [-0.39, 0.29) is 24.8 Å². The van der Waals surface area contributed by atoms with Gasteiger partial charge in [0.25, 0.3) is 0 Å². The number of hydrogen-bond acceptors (Lipinski definition) is 4. The first-order valence-corrected chi connectivity index (χ1v) is 2.86. The van der Waals surface area contributed by atoms with E-state index in [2.05, 4.69) is 9.78 Å². The highest BCUT2D eigenvalue weighted by molar-refractivity contribution is 5.77. The molecular weight excluding hydrogens is 136 g/mol. The molecule has 0 rings (SSSR count). The zero-order valence-corrected chi connectivity index (χ0v) is 6.05. The largest absolute Gasteiger partial charge is 0.297 e. The molecule has 0 unspecified atom stereocenters. The van der Waals surface area contributed by atoms with Crippen molar-refractivity contribution in [1.82, 2.24) is 0 Å². The Balaban J connectivity index is 3.06. The highest BCUT2D eigenvalue weighted by Gasteiger charge is 1.95. The predicted molar refractivity (Wildman–Crippen MR) is 33.3 cm³/mol. The van der Waals surface area contributed by atoms with Gasteiger partial charge in [-0.15, -0.1) is 0 Å². The number of Topliss-reactive ketones (excluding diaryl/α,β-unsaturated/α-hetero) is 2. The van der Waals surface area contributed by atoms with Gasteiger partial charge < -0.3 is 0 Å². The van der Waals surface area contributed by atoms with Crippen molar-refractivity contribution in [3.63, 3.8) is 0 Å². The molecule has 10 heavy (non-hydrogen) atoms. The molecule has 0 aromatic rings. The van der Waals surface area contributed by atoms with Crippen molar-refractivity contribution >= 4 is 11.6 Å². The van der Waals surface area contributed by atoms with Crippen LogP contribution in [-0.2, 0) is 19.4 Å². The Bertz CT molecular complexity index is 114. The fourth-order valence-electron chi connectivity index (χ4n) is 0.249. The maximum absolute atomic E-state index is 10.2. The molecule has 0 saturated heterocycles. The molecule has 0 aliphatic heterocycles. The molecule has 0 radical (unpaired) electrons. The van der Waals surface area contributed by atoms with Gasteiger partial charge in [0.2, 0.25) is 0 Å². The minimum atomic E-state index is -0.136. The van der Waals surface area contributed by atoms with E-state index >= 15 is 0 Å². The Morgan fingerprint density at radius 2 is 1.30 bits per heavy atom. The number of carbonyl (C=O) groups is 2. The van der Waals surface area contributed by atoms with Crippen LogP contribution in [-0.4, -0.2) is 24.8 Å². The van der Waals surface area contributed by atoms with Crippen molar-refractivity contribution in [3.05, 3.63) is 0 Å². The van der Waals surface area contributed by atoms with Crippen molar-refractivity contribution in [3.8, 4) is 0 Å². The first-order valence-electron chi connectivity index (χ1n) is 2.86. The topological polar surface area (TPSA) is 52.6 Å². The van der Waals surface area contributed by atoms with E-state index in [9.17, 15) is 9.59 Å². The monoisotopic (exact) mass is 146 g/mol. The van der Waals surface area contributed by atoms with Gasteiger partial charge in [-0.1, -0.05) is 0 Å². The van der Waals surface area contributed by atoms with Crippen LogP contribution in [0.3, 0.4) is 0 Å². The highest BCUT2D eigenvalue weighted by atomic mass is 17.2. The second-order valence-corrected chi connectivity index (χ2v) is 1.93. The molecule has 0 fully saturated rings. The summed E-state index contributed by atoms with van der Waals surface area (Å²) in [6.07, 6.45) is 0. The summed E-state index contributed by atoms with van der Waals surface area (Å²) < 4.78 is 0. The summed E-state index contributed by atoms with van der Waals surface area (Å²) in [6.45, 7) is 2.54. The number of carbonyl (C=O) groups excluding carboxylic acids is 2. The zero-order chi connectivity index (χ0) is 7.98. The summed E-state index contributed by atoms with van der Waals surface area (Å²) in [5, 5.41) is 0. The lowest BCUT2D eigenvalue weighted by Gasteiger charge is -1.97. The molecule has 0 heterocycles. The minimum Gasteiger partial charge on any atom is -0.297 e. The molecule has 0 bridgehead atoms. The molecule has 58 valence electrons. The first kappa shape index (κ1) is 9.26. The highest BCUT2D eigenvalue weighted by Crippen LogP contribution is 1.80. The van der Waals surface area contributed by atoms with Crippen LogP contribution in [0.25, 0.3) is 0 Å². The van der Waals surface area contributed by atoms with E-state index in [1.807, 2.05) is 0 Å². The van der Waals surface area contributed by atoms with Crippen LogP contribution in [0.1, 0.15) is 13.8 Å². The van der Waals surface area contributed by atoms with Crippen LogP contribution >= 0.6 is 0 Å². The van der Waals surface area contributed by atoms with E-state index in [4.69, 9.17) is 0 Å². The average molecular weight is 146 g/mol. The fourth-order valence-corrected chi connectivity index (χ4v) is 0.249. The average Bonchev–Trinajstić information content (AvgIpc) is 1.79. The molecule has 0 aromatic carbocycles. The predicted octanol–water partition coefficient (Wildman–Crippen LogP) is 0.113. The van der Waals surface area contributed by atoms with E-state index in [1.54, 1.807) is 0 Å². The lowest BCUT2D eigenvalue weighted by atomic mass is 10.5. The lowest BCUT2D eigenvalue weighted by molar-refractivity contribution is -0.282. The number of hydrogen-bond donors (Lipinski definition) is 0. The summed E-state index contributed by atoms with van der Waals surface area (Å²) >= 11 is 0. The molecule has 0 atom stereocenters. The maximum Gasteiger partial charge on any atom is 0.158 e. The first-order chi connectivity index (χ1) is 4.63. The second-order valence-electron chi connectivity index (χ2n) is 1.93. The molecule has 0 aliphatic rings. The summed E-state index contributed by atoms with van der Waals surface area (Å²) in [4.78, 5) is 29.1. The number of rotatable bonds is 5. The van der Waals surface area contributed by atoms with Gasteiger partial charge in [-0.2, -0.15) is 0 Å².